The van der Waals surface area contributed by atoms with E-state index >= 15 is 0 Å². The number of amides is 2. The quantitative estimate of drug-likeness (QED) is 0.195. The van der Waals surface area contributed by atoms with Crippen LogP contribution in [0.15, 0.2) is 53.1 Å². The van der Waals surface area contributed by atoms with Crippen LogP contribution in [0.2, 0.25) is 0 Å². The van der Waals surface area contributed by atoms with Gasteiger partial charge in [-0.15, -0.1) is 11.8 Å². The van der Waals surface area contributed by atoms with Gasteiger partial charge in [0.25, 0.3) is 11.8 Å². The standard InChI is InChI=1S/C21H21N7O5S2/c1-3-33-25-13(16-24-21(22)35-26-16)17(29)23-14-18(30)28-15(20(31)32)12(10-34-19(14)28)9-11(2)27-7-5-4-6-8-27/h4-9,14,19H,3,10H2,1-2H3,(H3-,22,23,24,26,29,31,32)/p+1/t14?,19-/m0/s1. The summed E-state index contributed by atoms with van der Waals surface area (Å²) in [5, 5.41) is 15.8. The van der Waals surface area contributed by atoms with Crippen molar-refractivity contribution in [1.82, 2.24) is 19.6 Å². The van der Waals surface area contributed by atoms with E-state index in [1.165, 1.54) is 16.7 Å². The number of nitrogens with one attached hydrogen (secondary N) is 1. The number of oxime groups is 1. The number of aromatic nitrogens is 3. The number of hydrogen-bond donors (Lipinski definition) is 3. The first-order valence-corrected chi connectivity index (χ1v) is 12.3. The van der Waals surface area contributed by atoms with Crippen molar-refractivity contribution in [2.75, 3.05) is 18.1 Å². The lowest BCUT2D eigenvalue weighted by atomic mass is 10.0. The number of pyridine rings is 1. The van der Waals surface area contributed by atoms with E-state index in [4.69, 9.17) is 10.6 Å². The first-order valence-electron chi connectivity index (χ1n) is 10.5. The fourth-order valence-electron chi connectivity index (χ4n) is 3.57. The predicted octanol–water partition coefficient (Wildman–Crippen LogP) is 0.448. The SMILES string of the molecule is CCON=C(C(=O)NC1C(=O)N2C(C(=O)O)=C(C=C(C)[n+]3ccccc3)CS[C@@H]12)c1nsc(N)n1. The number of carbonyl (C=O) groups excluding carboxylic acids is 2. The maximum Gasteiger partial charge on any atom is 0.352 e. The molecule has 2 amide bonds. The minimum atomic E-state index is -1.22. The molecular weight excluding hydrogens is 494 g/mol. The Morgan fingerprint density at radius 1 is 1.40 bits per heavy atom. The van der Waals surface area contributed by atoms with E-state index in [1.54, 1.807) is 13.0 Å². The minimum Gasteiger partial charge on any atom is -0.477 e. The zero-order chi connectivity index (χ0) is 25.1. The third-order valence-electron chi connectivity index (χ3n) is 5.15. The number of carboxylic acids is 1. The van der Waals surface area contributed by atoms with E-state index in [1.807, 2.05) is 42.1 Å². The summed E-state index contributed by atoms with van der Waals surface area (Å²) in [5.41, 5.74) is 6.59. The van der Waals surface area contributed by atoms with Crippen molar-refractivity contribution in [3.8, 4) is 0 Å². The molecule has 14 heteroatoms. The van der Waals surface area contributed by atoms with Gasteiger partial charge in [-0.3, -0.25) is 14.5 Å². The third-order valence-corrected chi connectivity index (χ3v) is 6.99. The monoisotopic (exact) mass is 516 g/mol. The molecule has 12 nitrogen and oxygen atoms in total. The van der Waals surface area contributed by atoms with Gasteiger partial charge in [0.1, 0.15) is 23.7 Å². The molecule has 0 radical (unpaired) electrons. The first-order chi connectivity index (χ1) is 16.8. The second-order valence-corrected chi connectivity index (χ2v) is 9.31. The molecule has 2 aliphatic heterocycles. The summed E-state index contributed by atoms with van der Waals surface area (Å²) in [6.07, 6.45) is 5.44. The van der Waals surface area contributed by atoms with Crippen molar-refractivity contribution >= 4 is 57.6 Å². The number of carboxylic acid groups (broad SMARTS) is 1. The fraction of sp³-hybridized carbons (Fsp3) is 0.286. The lowest BCUT2D eigenvalue weighted by Crippen LogP contribution is -2.71. The number of nitrogen functional groups attached to an aromatic ring is 1. The Morgan fingerprint density at radius 2 is 2.14 bits per heavy atom. The second kappa shape index (κ2) is 10.2. The number of carbonyl (C=O) groups is 3. The largest absolute Gasteiger partial charge is 0.477 e. The predicted molar refractivity (Wildman–Crippen MR) is 129 cm³/mol. The molecule has 1 unspecified atom stereocenters. The van der Waals surface area contributed by atoms with E-state index in [0.29, 0.717) is 11.3 Å². The summed E-state index contributed by atoms with van der Waals surface area (Å²) in [4.78, 5) is 48.2. The van der Waals surface area contributed by atoms with Gasteiger partial charge in [-0.2, -0.15) is 13.9 Å². The molecule has 0 aromatic carbocycles. The van der Waals surface area contributed by atoms with Crippen molar-refractivity contribution in [2.45, 2.75) is 25.3 Å². The molecule has 2 atom stereocenters. The number of anilines is 1. The number of allylic oxidation sites excluding steroid dienone is 2. The lowest BCUT2D eigenvalue weighted by molar-refractivity contribution is -0.581. The highest BCUT2D eigenvalue weighted by Gasteiger charge is 2.54. The Morgan fingerprint density at radius 3 is 2.77 bits per heavy atom. The highest BCUT2D eigenvalue weighted by molar-refractivity contribution is 8.00. The Balaban J connectivity index is 1.56. The zero-order valence-corrected chi connectivity index (χ0v) is 20.4. The van der Waals surface area contributed by atoms with Gasteiger partial charge in [0, 0.05) is 42.4 Å². The van der Waals surface area contributed by atoms with Crippen molar-refractivity contribution in [1.29, 1.82) is 0 Å². The molecule has 0 saturated carbocycles. The third kappa shape index (κ3) is 4.88. The molecule has 0 spiro atoms. The van der Waals surface area contributed by atoms with Crippen LogP contribution in [0.3, 0.4) is 0 Å². The average molecular weight is 517 g/mol. The summed E-state index contributed by atoms with van der Waals surface area (Å²) < 4.78 is 5.83. The number of aliphatic carboxylic acids is 1. The Hall–Kier alpha value is -3.78. The summed E-state index contributed by atoms with van der Waals surface area (Å²) in [7, 11) is 0. The van der Waals surface area contributed by atoms with Crippen LogP contribution >= 0.6 is 23.3 Å². The Labute approximate surface area is 208 Å². The molecule has 4 rings (SSSR count). The molecule has 4 heterocycles. The van der Waals surface area contributed by atoms with E-state index in [9.17, 15) is 19.5 Å². The van der Waals surface area contributed by atoms with Crippen LogP contribution in [0.5, 0.6) is 0 Å². The highest BCUT2D eigenvalue weighted by Crippen LogP contribution is 2.40. The number of fused-ring (bicyclic) bond motifs is 1. The molecule has 1 fully saturated rings. The van der Waals surface area contributed by atoms with E-state index in [2.05, 4.69) is 19.8 Å². The molecule has 0 bridgehead atoms. The summed E-state index contributed by atoms with van der Waals surface area (Å²) >= 11 is 2.25. The zero-order valence-electron chi connectivity index (χ0n) is 18.7. The molecule has 1 saturated heterocycles. The van der Waals surface area contributed by atoms with Gasteiger partial charge in [0.2, 0.25) is 11.5 Å². The number of nitrogens with zero attached hydrogens (tertiary/aromatic N) is 5. The van der Waals surface area contributed by atoms with Crippen LogP contribution < -0.4 is 15.6 Å². The average Bonchev–Trinajstić information content (AvgIpc) is 3.28. The number of thioether (sulfide) groups is 1. The fourth-order valence-corrected chi connectivity index (χ4v) is 5.31. The van der Waals surface area contributed by atoms with Gasteiger partial charge in [-0.1, -0.05) is 11.2 Å². The smallest absolute Gasteiger partial charge is 0.352 e. The molecule has 2 aromatic heterocycles. The number of nitrogens with two attached hydrogens (primary N) is 1. The minimum absolute atomic E-state index is 0.0224. The van der Waals surface area contributed by atoms with Gasteiger partial charge in [0.05, 0.1) is 0 Å². The Bertz CT molecular complexity index is 1260. The van der Waals surface area contributed by atoms with Crippen LogP contribution in [0.4, 0.5) is 5.13 Å². The van der Waals surface area contributed by atoms with Crippen LogP contribution in [-0.2, 0) is 19.2 Å². The van der Waals surface area contributed by atoms with Crippen molar-refractivity contribution in [2.24, 2.45) is 5.16 Å². The van der Waals surface area contributed by atoms with Crippen LogP contribution in [0.1, 0.15) is 19.7 Å². The van der Waals surface area contributed by atoms with Crippen molar-refractivity contribution in [3.05, 3.63) is 53.8 Å². The second-order valence-electron chi connectivity index (χ2n) is 7.42. The van der Waals surface area contributed by atoms with Gasteiger partial charge in [0.15, 0.2) is 23.2 Å². The van der Waals surface area contributed by atoms with Gasteiger partial charge in [-0.05, 0) is 12.5 Å². The van der Waals surface area contributed by atoms with Gasteiger partial charge in [-0.25, -0.2) is 4.79 Å². The number of hydrogen-bond acceptors (Lipinski definition) is 10. The topological polar surface area (TPSA) is 164 Å². The van der Waals surface area contributed by atoms with Crippen LogP contribution in [-0.4, -0.2) is 66.6 Å². The molecule has 35 heavy (non-hydrogen) atoms. The number of β-lactam (4-membered cyclic amide) rings is 1. The van der Waals surface area contributed by atoms with Gasteiger partial charge >= 0.3 is 5.97 Å². The Kier molecular flexibility index (Phi) is 7.12. The lowest BCUT2D eigenvalue weighted by Gasteiger charge is -2.49. The molecule has 182 valence electrons. The number of rotatable bonds is 8. The molecule has 2 aliphatic rings. The maximum absolute atomic E-state index is 13.0. The van der Waals surface area contributed by atoms with Crippen LogP contribution in [0, 0.1) is 0 Å². The molecule has 2 aromatic rings. The summed E-state index contributed by atoms with van der Waals surface area (Å²) in [6.45, 7) is 3.75. The maximum atomic E-state index is 13.0. The van der Waals surface area contributed by atoms with Crippen molar-refractivity contribution in [3.63, 3.8) is 0 Å². The summed E-state index contributed by atoms with van der Waals surface area (Å²) in [6, 6.07) is 4.66. The van der Waals surface area contributed by atoms with Crippen molar-refractivity contribution < 1.29 is 28.9 Å². The van der Waals surface area contributed by atoms with E-state index in [-0.39, 0.29) is 29.0 Å². The van der Waals surface area contributed by atoms with E-state index in [0.717, 1.165) is 17.2 Å². The molecule has 4 N–H and O–H groups in total. The first kappa shape index (κ1) is 24.3. The highest BCUT2D eigenvalue weighted by atomic mass is 32.2. The molecular formula is C21H22N7O5S2+. The van der Waals surface area contributed by atoms with E-state index < -0.39 is 29.2 Å². The van der Waals surface area contributed by atoms with Crippen LogP contribution in [0.25, 0.3) is 5.70 Å². The van der Waals surface area contributed by atoms with Gasteiger partial charge < -0.3 is 21.0 Å². The molecule has 0 aliphatic carbocycles. The normalized spacial score (nSPS) is 20.3. The summed E-state index contributed by atoms with van der Waals surface area (Å²) in [5.74, 6) is -2.16.